The summed E-state index contributed by atoms with van der Waals surface area (Å²) in [6.45, 7) is 4.77. The van der Waals surface area contributed by atoms with Crippen LogP contribution in [0.25, 0.3) is 5.82 Å². The highest BCUT2D eigenvalue weighted by Gasteiger charge is 2.04. The van der Waals surface area contributed by atoms with Crippen LogP contribution >= 0.6 is 22.6 Å². The van der Waals surface area contributed by atoms with Crippen molar-refractivity contribution in [2.75, 3.05) is 11.9 Å². The predicted octanol–water partition coefficient (Wildman–Crippen LogP) is 2.01. The first-order valence-corrected chi connectivity index (χ1v) is 6.07. The summed E-state index contributed by atoms with van der Waals surface area (Å²) in [5, 5.41) is 7.32. The minimum Gasteiger partial charge on any atom is -0.354 e. The molecule has 0 aromatic carbocycles. The molecule has 0 fully saturated rings. The summed E-state index contributed by atoms with van der Waals surface area (Å²) >= 11 is 2.22. The molecule has 0 radical (unpaired) electrons. The predicted molar refractivity (Wildman–Crippen MR) is 70.8 cm³/mol. The smallest absolute Gasteiger partial charge is 0.224 e. The minimum atomic E-state index is 0.642. The molecule has 0 aliphatic rings. The van der Waals surface area contributed by atoms with Crippen LogP contribution in [0.3, 0.4) is 0 Å². The molecule has 0 saturated carbocycles. The van der Waals surface area contributed by atoms with Gasteiger partial charge in [-0.05, 0) is 36.4 Å². The Morgan fingerprint density at radius 1 is 1.44 bits per heavy atom. The normalized spacial score (nSPS) is 10.4. The summed E-state index contributed by atoms with van der Waals surface area (Å²) in [5.41, 5.74) is 0.923. The molecule has 2 heterocycles. The summed E-state index contributed by atoms with van der Waals surface area (Å²) in [6, 6.07) is 1.91. The lowest BCUT2D eigenvalue weighted by atomic mass is 10.4. The summed E-state index contributed by atoms with van der Waals surface area (Å²) in [7, 11) is 0. The molecule has 84 valence electrons. The van der Waals surface area contributed by atoms with E-state index in [0.29, 0.717) is 5.95 Å². The summed E-state index contributed by atoms with van der Waals surface area (Å²) in [4.78, 5) is 8.67. The molecule has 0 aliphatic heterocycles. The van der Waals surface area contributed by atoms with Crippen LogP contribution in [0.15, 0.2) is 18.5 Å². The molecular formula is C10H12IN5. The first-order valence-electron chi connectivity index (χ1n) is 4.99. The van der Waals surface area contributed by atoms with E-state index in [-0.39, 0.29) is 0 Å². The monoisotopic (exact) mass is 329 g/mol. The van der Waals surface area contributed by atoms with Crippen molar-refractivity contribution in [1.29, 1.82) is 0 Å². The molecule has 6 heteroatoms. The number of aromatic nitrogens is 4. The number of nitrogens with zero attached hydrogens (tertiary/aromatic N) is 4. The third kappa shape index (κ3) is 2.49. The van der Waals surface area contributed by atoms with Crippen molar-refractivity contribution in [3.63, 3.8) is 0 Å². The Bertz CT molecular complexity index is 494. The fourth-order valence-electron chi connectivity index (χ4n) is 1.33. The molecule has 2 aromatic rings. The van der Waals surface area contributed by atoms with Gasteiger partial charge in [-0.2, -0.15) is 10.1 Å². The highest BCUT2D eigenvalue weighted by Crippen LogP contribution is 2.10. The maximum absolute atomic E-state index is 4.38. The Labute approximate surface area is 107 Å². The number of anilines is 1. The zero-order valence-corrected chi connectivity index (χ0v) is 11.3. The van der Waals surface area contributed by atoms with Crippen molar-refractivity contribution >= 4 is 28.5 Å². The van der Waals surface area contributed by atoms with Gasteiger partial charge < -0.3 is 5.32 Å². The molecule has 0 aliphatic carbocycles. The van der Waals surface area contributed by atoms with E-state index in [1.54, 1.807) is 10.9 Å². The lowest BCUT2D eigenvalue weighted by Gasteiger charge is -2.06. The van der Waals surface area contributed by atoms with Crippen LogP contribution < -0.4 is 5.32 Å². The quantitative estimate of drug-likeness (QED) is 0.876. The van der Waals surface area contributed by atoms with Crippen molar-refractivity contribution in [3.8, 4) is 5.82 Å². The maximum Gasteiger partial charge on any atom is 0.224 e. The number of hydrogen-bond acceptors (Lipinski definition) is 4. The van der Waals surface area contributed by atoms with E-state index in [9.17, 15) is 0 Å². The summed E-state index contributed by atoms with van der Waals surface area (Å²) < 4.78 is 2.83. The van der Waals surface area contributed by atoms with Crippen LogP contribution in [0.2, 0.25) is 0 Å². The molecule has 2 aromatic heterocycles. The topological polar surface area (TPSA) is 55.6 Å². The number of aryl methyl sites for hydroxylation is 1. The Kier molecular flexibility index (Phi) is 3.37. The lowest BCUT2D eigenvalue weighted by Crippen LogP contribution is -2.07. The Morgan fingerprint density at radius 2 is 2.25 bits per heavy atom. The van der Waals surface area contributed by atoms with E-state index >= 15 is 0 Å². The number of nitrogens with one attached hydrogen (secondary N) is 1. The van der Waals surface area contributed by atoms with Gasteiger partial charge >= 0.3 is 0 Å². The minimum absolute atomic E-state index is 0.642. The van der Waals surface area contributed by atoms with E-state index in [4.69, 9.17) is 0 Å². The van der Waals surface area contributed by atoms with Gasteiger partial charge in [0.05, 0.1) is 9.77 Å². The van der Waals surface area contributed by atoms with Gasteiger partial charge in [0.1, 0.15) is 0 Å². The molecule has 0 unspecified atom stereocenters. The zero-order chi connectivity index (χ0) is 11.5. The molecular weight excluding hydrogens is 317 g/mol. The number of rotatable bonds is 3. The molecule has 0 bridgehead atoms. The fourth-order valence-corrected chi connectivity index (χ4v) is 1.72. The first-order chi connectivity index (χ1) is 7.69. The average Bonchev–Trinajstić information content (AvgIpc) is 2.64. The summed E-state index contributed by atoms with van der Waals surface area (Å²) in [5.74, 6) is 1.43. The molecule has 2 rings (SSSR count). The van der Waals surface area contributed by atoms with Gasteiger partial charge in [-0.15, -0.1) is 0 Å². The van der Waals surface area contributed by atoms with Crippen molar-refractivity contribution in [2.24, 2.45) is 0 Å². The van der Waals surface area contributed by atoms with Gasteiger partial charge in [0, 0.05) is 24.5 Å². The molecule has 16 heavy (non-hydrogen) atoms. The van der Waals surface area contributed by atoms with Crippen molar-refractivity contribution < 1.29 is 0 Å². The number of hydrogen-bond donors (Lipinski definition) is 1. The standard InChI is InChI=1S/C10H12IN5/c1-3-12-10-14-7(2)4-9(15-10)16-6-8(11)5-13-16/h4-6H,3H2,1-2H3,(H,12,14,15). The Morgan fingerprint density at radius 3 is 2.88 bits per heavy atom. The second kappa shape index (κ2) is 4.77. The van der Waals surface area contributed by atoms with Gasteiger partial charge in [-0.25, -0.2) is 9.67 Å². The molecule has 5 nitrogen and oxygen atoms in total. The van der Waals surface area contributed by atoms with Gasteiger partial charge in [0.2, 0.25) is 5.95 Å². The molecule has 0 saturated heterocycles. The van der Waals surface area contributed by atoms with Gasteiger partial charge in [-0.1, -0.05) is 0 Å². The van der Waals surface area contributed by atoms with Crippen LogP contribution in [0.4, 0.5) is 5.95 Å². The second-order valence-corrected chi connectivity index (χ2v) is 4.57. The number of halogens is 1. The first kappa shape index (κ1) is 11.3. The largest absolute Gasteiger partial charge is 0.354 e. The van der Waals surface area contributed by atoms with Crippen LogP contribution in [0, 0.1) is 10.5 Å². The third-order valence-electron chi connectivity index (χ3n) is 1.96. The van der Waals surface area contributed by atoms with Crippen LogP contribution in [0.5, 0.6) is 0 Å². The maximum atomic E-state index is 4.38. The summed E-state index contributed by atoms with van der Waals surface area (Å²) in [6.07, 6.45) is 3.73. The third-order valence-corrected chi connectivity index (χ3v) is 2.52. The van der Waals surface area contributed by atoms with Crippen LogP contribution in [0.1, 0.15) is 12.6 Å². The molecule has 0 atom stereocenters. The van der Waals surface area contributed by atoms with Gasteiger partial charge in [0.15, 0.2) is 5.82 Å². The van der Waals surface area contributed by atoms with E-state index in [0.717, 1.165) is 21.6 Å². The molecule has 1 N–H and O–H groups in total. The van der Waals surface area contributed by atoms with Crippen LogP contribution in [-0.4, -0.2) is 26.3 Å². The lowest BCUT2D eigenvalue weighted by molar-refractivity contribution is 0.835. The van der Waals surface area contributed by atoms with Crippen molar-refractivity contribution in [2.45, 2.75) is 13.8 Å². The average molecular weight is 329 g/mol. The molecule has 0 amide bonds. The second-order valence-electron chi connectivity index (χ2n) is 3.32. The molecule has 0 spiro atoms. The van der Waals surface area contributed by atoms with Crippen molar-refractivity contribution in [3.05, 3.63) is 27.7 Å². The highest BCUT2D eigenvalue weighted by molar-refractivity contribution is 14.1. The van der Waals surface area contributed by atoms with Crippen molar-refractivity contribution in [1.82, 2.24) is 19.7 Å². The fraction of sp³-hybridized carbons (Fsp3) is 0.300. The van der Waals surface area contributed by atoms with Gasteiger partial charge in [0.25, 0.3) is 0 Å². The Balaban J connectivity index is 2.40. The zero-order valence-electron chi connectivity index (χ0n) is 9.11. The highest BCUT2D eigenvalue weighted by atomic mass is 127. The van der Waals surface area contributed by atoms with E-state index in [1.807, 2.05) is 26.1 Å². The van der Waals surface area contributed by atoms with E-state index < -0.39 is 0 Å². The van der Waals surface area contributed by atoms with Crippen LogP contribution in [-0.2, 0) is 0 Å². The van der Waals surface area contributed by atoms with E-state index in [2.05, 4.69) is 43.0 Å². The van der Waals surface area contributed by atoms with Gasteiger partial charge in [-0.3, -0.25) is 0 Å². The Hall–Kier alpha value is -1.18. The van der Waals surface area contributed by atoms with E-state index in [1.165, 1.54) is 0 Å². The SMILES string of the molecule is CCNc1nc(C)cc(-n2cc(I)cn2)n1.